The molecule has 0 bridgehead atoms. The fraction of sp³-hybridized carbons (Fsp3) is 0.111. The van der Waals surface area contributed by atoms with Crippen LogP contribution in [-0.4, -0.2) is 0 Å². The van der Waals surface area contributed by atoms with Crippen LogP contribution in [0.15, 0.2) is 67.3 Å². The average molecular weight is 234 g/mol. The average Bonchev–Trinajstić information content (AvgIpc) is 2.41. The van der Waals surface area contributed by atoms with Gasteiger partial charge in [-0.05, 0) is 41.7 Å². The molecule has 0 atom stereocenters. The molecule has 0 aliphatic rings. The van der Waals surface area contributed by atoms with E-state index in [1.54, 1.807) is 0 Å². The van der Waals surface area contributed by atoms with Gasteiger partial charge in [0.1, 0.15) is 0 Å². The summed E-state index contributed by atoms with van der Waals surface area (Å²) in [6, 6.07) is 18.8. The van der Waals surface area contributed by atoms with Gasteiger partial charge in [-0.1, -0.05) is 67.3 Å². The lowest BCUT2D eigenvalue weighted by atomic mass is 9.91. The number of hydrogen-bond donors (Lipinski definition) is 0. The van der Waals surface area contributed by atoms with Crippen LogP contribution in [0.25, 0.3) is 11.1 Å². The highest BCUT2D eigenvalue weighted by Gasteiger charge is 2.08. The van der Waals surface area contributed by atoms with E-state index in [1.807, 2.05) is 6.07 Å². The first-order chi connectivity index (χ1) is 8.74. The van der Waals surface area contributed by atoms with Gasteiger partial charge in [-0.25, -0.2) is 0 Å². The lowest BCUT2D eigenvalue weighted by Gasteiger charge is -2.13. The molecule has 18 heavy (non-hydrogen) atoms. The van der Waals surface area contributed by atoms with Gasteiger partial charge in [0, 0.05) is 0 Å². The molecule has 0 aromatic heterocycles. The first-order valence-electron chi connectivity index (χ1n) is 6.21. The molecule has 0 amide bonds. The summed E-state index contributed by atoms with van der Waals surface area (Å²) in [6.07, 6.45) is 2.13. The van der Waals surface area contributed by atoms with Crippen molar-refractivity contribution >= 4 is 11.1 Å². The maximum Gasteiger partial charge on any atom is -0.0154 e. The van der Waals surface area contributed by atoms with Gasteiger partial charge < -0.3 is 0 Å². The molecule has 90 valence electrons. The van der Waals surface area contributed by atoms with Crippen molar-refractivity contribution in [3.05, 3.63) is 83.9 Å². The fourth-order valence-electron chi connectivity index (χ4n) is 2.19. The maximum atomic E-state index is 4.27. The normalized spacial score (nSPS) is 11.3. The van der Waals surface area contributed by atoms with Crippen molar-refractivity contribution in [2.45, 2.75) is 13.8 Å². The fourth-order valence-corrected chi connectivity index (χ4v) is 2.19. The second kappa shape index (κ2) is 5.50. The highest BCUT2D eigenvalue weighted by Crippen LogP contribution is 2.31. The topological polar surface area (TPSA) is 0 Å². The van der Waals surface area contributed by atoms with E-state index in [4.69, 9.17) is 0 Å². The van der Waals surface area contributed by atoms with Crippen molar-refractivity contribution in [2.24, 2.45) is 0 Å². The van der Waals surface area contributed by atoms with Gasteiger partial charge in [0.15, 0.2) is 0 Å². The van der Waals surface area contributed by atoms with Crippen molar-refractivity contribution in [2.75, 3.05) is 0 Å². The highest BCUT2D eigenvalue weighted by atomic mass is 14.1. The minimum Gasteiger partial charge on any atom is -0.0905 e. The van der Waals surface area contributed by atoms with E-state index in [1.165, 1.54) is 22.3 Å². The standard InChI is InChI=1S/C18H18/c1-4-17(16-11-6-5-7-12-16)15(3)18-13-9-8-10-14(18)2/h4-13H,3H2,1-2H3/b17-4+. The van der Waals surface area contributed by atoms with Crippen LogP contribution in [0.4, 0.5) is 0 Å². The molecule has 0 nitrogen and oxygen atoms in total. The highest BCUT2D eigenvalue weighted by molar-refractivity contribution is 6.04. The molecule has 0 aliphatic carbocycles. The van der Waals surface area contributed by atoms with Gasteiger partial charge in [-0.2, -0.15) is 0 Å². The molecule has 0 aliphatic heterocycles. The Labute approximate surface area is 109 Å². The Bertz CT molecular complexity index is 574. The summed E-state index contributed by atoms with van der Waals surface area (Å²) in [4.78, 5) is 0. The first-order valence-corrected chi connectivity index (χ1v) is 6.21. The summed E-state index contributed by atoms with van der Waals surface area (Å²) in [5, 5.41) is 0. The van der Waals surface area contributed by atoms with Gasteiger partial charge >= 0.3 is 0 Å². The molecule has 0 N–H and O–H groups in total. The van der Waals surface area contributed by atoms with Crippen LogP contribution in [0.1, 0.15) is 23.6 Å². The van der Waals surface area contributed by atoms with Crippen LogP contribution < -0.4 is 0 Å². The predicted octanol–water partition coefficient (Wildman–Crippen LogP) is 5.11. The van der Waals surface area contributed by atoms with Crippen molar-refractivity contribution in [3.63, 3.8) is 0 Å². The summed E-state index contributed by atoms with van der Waals surface area (Å²) in [5.74, 6) is 0. The van der Waals surface area contributed by atoms with Crippen LogP contribution in [-0.2, 0) is 0 Å². The third kappa shape index (κ3) is 2.43. The maximum absolute atomic E-state index is 4.27. The minimum atomic E-state index is 1.09. The summed E-state index contributed by atoms with van der Waals surface area (Å²) < 4.78 is 0. The molecular weight excluding hydrogens is 216 g/mol. The summed E-state index contributed by atoms with van der Waals surface area (Å²) in [6.45, 7) is 8.45. The van der Waals surface area contributed by atoms with E-state index in [9.17, 15) is 0 Å². The zero-order valence-electron chi connectivity index (χ0n) is 11.0. The number of allylic oxidation sites excluding steroid dienone is 3. The molecule has 2 aromatic rings. The minimum absolute atomic E-state index is 1.09. The molecule has 0 radical (unpaired) electrons. The van der Waals surface area contributed by atoms with Crippen molar-refractivity contribution in [3.8, 4) is 0 Å². The first kappa shape index (κ1) is 12.4. The van der Waals surface area contributed by atoms with Crippen LogP contribution in [0.3, 0.4) is 0 Å². The molecule has 0 saturated carbocycles. The Balaban J connectivity index is 2.42. The summed E-state index contributed by atoms with van der Waals surface area (Å²) in [5.41, 5.74) is 5.98. The van der Waals surface area contributed by atoms with Gasteiger partial charge in [0.2, 0.25) is 0 Å². The second-order valence-corrected chi connectivity index (χ2v) is 4.36. The molecule has 0 unspecified atom stereocenters. The Morgan fingerprint density at radius 2 is 1.56 bits per heavy atom. The monoisotopic (exact) mass is 234 g/mol. The zero-order chi connectivity index (χ0) is 13.0. The molecule has 2 aromatic carbocycles. The van der Waals surface area contributed by atoms with Crippen LogP contribution >= 0.6 is 0 Å². The third-order valence-corrected chi connectivity index (χ3v) is 3.17. The number of aryl methyl sites for hydroxylation is 1. The Morgan fingerprint density at radius 1 is 0.944 bits per heavy atom. The van der Waals surface area contributed by atoms with E-state index in [0.717, 1.165) is 5.57 Å². The molecule has 0 saturated heterocycles. The third-order valence-electron chi connectivity index (χ3n) is 3.17. The zero-order valence-corrected chi connectivity index (χ0v) is 11.0. The van der Waals surface area contributed by atoms with Crippen LogP contribution in [0, 0.1) is 6.92 Å². The quantitative estimate of drug-likeness (QED) is 0.647. The summed E-state index contributed by atoms with van der Waals surface area (Å²) >= 11 is 0. The van der Waals surface area contributed by atoms with Gasteiger partial charge in [-0.3, -0.25) is 0 Å². The lowest BCUT2D eigenvalue weighted by Crippen LogP contribution is -1.91. The van der Waals surface area contributed by atoms with Crippen molar-refractivity contribution in [1.82, 2.24) is 0 Å². The molecule has 0 heteroatoms. The van der Waals surface area contributed by atoms with Crippen LogP contribution in [0.5, 0.6) is 0 Å². The molecule has 0 heterocycles. The van der Waals surface area contributed by atoms with Crippen LogP contribution in [0.2, 0.25) is 0 Å². The molecule has 0 spiro atoms. The van der Waals surface area contributed by atoms with E-state index in [-0.39, 0.29) is 0 Å². The van der Waals surface area contributed by atoms with E-state index in [2.05, 4.69) is 75.0 Å². The number of hydrogen-bond acceptors (Lipinski definition) is 0. The number of rotatable bonds is 3. The SMILES string of the molecule is C=C(/C(=C\C)c1ccccc1)c1ccccc1C. The van der Waals surface area contributed by atoms with Crippen molar-refractivity contribution < 1.29 is 0 Å². The Morgan fingerprint density at radius 3 is 2.17 bits per heavy atom. The largest absolute Gasteiger partial charge is 0.0905 e. The number of benzene rings is 2. The Hall–Kier alpha value is -2.08. The molecule has 2 rings (SSSR count). The van der Waals surface area contributed by atoms with E-state index in [0.29, 0.717) is 0 Å². The van der Waals surface area contributed by atoms with E-state index < -0.39 is 0 Å². The smallest absolute Gasteiger partial charge is 0.0154 e. The Kier molecular flexibility index (Phi) is 3.78. The van der Waals surface area contributed by atoms with Gasteiger partial charge in [0.25, 0.3) is 0 Å². The van der Waals surface area contributed by atoms with E-state index >= 15 is 0 Å². The second-order valence-electron chi connectivity index (χ2n) is 4.36. The summed E-state index contributed by atoms with van der Waals surface area (Å²) in [7, 11) is 0. The lowest BCUT2D eigenvalue weighted by molar-refractivity contribution is 1.43. The predicted molar refractivity (Wildman–Crippen MR) is 80.3 cm³/mol. The van der Waals surface area contributed by atoms with Gasteiger partial charge in [-0.15, -0.1) is 0 Å². The van der Waals surface area contributed by atoms with Crippen molar-refractivity contribution in [1.29, 1.82) is 0 Å². The molecular formula is C18H18. The van der Waals surface area contributed by atoms with Gasteiger partial charge in [0.05, 0.1) is 0 Å². The molecule has 0 fully saturated rings.